The van der Waals surface area contributed by atoms with Crippen LogP contribution in [0.3, 0.4) is 0 Å². The third kappa shape index (κ3) is 5.02. The Balaban J connectivity index is 1.23. The van der Waals surface area contributed by atoms with Gasteiger partial charge in [0.05, 0.1) is 15.9 Å². The number of fused-ring (bicyclic) bond motifs is 2. The van der Waals surface area contributed by atoms with Gasteiger partial charge in [0.2, 0.25) is 5.91 Å². The Morgan fingerprint density at radius 2 is 1.97 bits per heavy atom. The lowest BCUT2D eigenvalue weighted by atomic mass is 10.1. The van der Waals surface area contributed by atoms with Crippen LogP contribution in [0.1, 0.15) is 30.4 Å². The minimum Gasteiger partial charge on any atom is -0.326 e. The number of thioether (sulfide) groups is 1. The molecule has 0 spiro atoms. The van der Waals surface area contributed by atoms with E-state index in [0.717, 1.165) is 31.6 Å². The molecule has 0 saturated carbocycles. The highest BCUT2D eigenvalue weighted by atomic mass is 32.2. The Kier molecular flexibility index (Phi) is 6.41. The number of anilines is 1. The molecule has 2 N–H and O–H groups in total. The maximum Gasteiger partial charge on any atom is 0.274 e. The molecule has 0 aliphatic heterocycles. The minimum atomic E-state index is -0.176. The number of nitrogens with one attached hydrogen (secondary N) is 2. The van der Waals surface area contributed by atoms with Crippen LogP contribution in [0.5, 0.6) is 0 Å². The van der Waals surface area contributed by atoms with Crippen LogP contribution in [0.25, 0.3) is 16.0 Å². The van der Waals surface area contributed by atoms with Gasteiger partial charge in [0.15, 0.2) is 4.34 Å². The van der Waals surface area contributed by atoms with Gasteiger partial charge in [-0.3, -0.25) is 14.7 Å². The topological polar surface area (TPSA) is 105 Å². The van der Waals surface area contributed by atoms with Crippen molar-refractivity contribution in [2.24, 2.45) is 0 Å². The summed E-state index contributed by atoms with van der Waals surface area (Å²) in [5.74, 6) is 1.61. The van der Waals surface area contributed by atoms with Crippen molar-refractivity contribution in [3.63, 3.8) is 0 Å². The second kappa shape index (κ2) is 9.78. The van der Waals surface area contributed by atoms with Crippen molar-refractivity contribution in [1.82, 2.24) is 24.6 Å². The standard InChI is InChI=1S/C24H22N6O2S2/c1-2-20-28-23-26-17(13-22(32)30(23)29-20)14-33-24-27-18-10-9-16(12-19(18)34-24)25-21(31)11-8-15-6-4-3-5-7-15/h3-7,9-10,12-13H,2,8,11,14H2,1H3,(H,25,31)(H,26,28,29). The van der Waals surface area contributed by atoms with Gasteiger partial charge in [-0.1, -0.05) is 49.0 Å². The molecule has 2 aromatic carbocycles. The molecule has 8 nitrogen and oxygen atoms in total. The largest absolute Gasteiger partial charge is 0.326 e. The van der Waals surface area contributed by atoms with Gasteiger partial charge < -0.3 is 5.32 Å². The molecule has 34 heavy (non-hydrogen) atoms. The molecule has 0 radical (unpaired) electrons. The summed E-state index contributed by atoms with van der Waals surface area (Å²) >= 11 is 3.08. The second-order valence-corrected chi connectivity index (χ2v) is 9.98. The van der Waals surface area contributed by atoms with Crippen LogP contribution in [0.4, 0.5) is 5.69 Å². The van der Waals surface area contributed by atoms with Crippen molar-refractivity contribution in [3.05, 3.63) is 82.0 Å². The average molecular weight is 491 g/mol. The van der Waals surface area contributed by atoms with Gasteiger partial charge >= 0.3 is 0 Å². The fourth-order valence-electron chi connectivity index (χ4n) is 3.51. The molecule has 0 unspecified atom stereocenters. The lowest BCUT2D eigenvalue weighted by Crippen LogP contribution is -2.15. The average Bonchev–Trinajstić information content (AvgIpc) is 3.45. The third-order valence-electron chi connectivity index (χ3n) is 5.24. The quantitative estimate of drug-likeness (QED) is 0.311. The molecule has 0 aliphatic rings. The molecule has 10 heteroatoms. The van der Waals surface area contributed by atoms with Crippen LogP contribution in [0.2, 0.25) is 0 Å². The zero-order chi connectivity index (χ0) is 23.5. The van der Waals surface area contributed by atoms with Crippen LogP contribution in [-0.4, -0.2) is 30.5 Å². The van der Waals surface area contributed by atoms with E-state index >= 15 is 0 Å². The molecule has 172 valence electrons. The predicted octanol–water partition coefficient (Wildman–Crippen LogP) is 4.45. The number of thiazole rings is 1. The van der Waals surface area contributed by atoms with Crippen molar-refractivity contribution in [2.75, 3.05) is 5.32 Å². The fraction of sp³-hybridized carbons (Fsp3) is 0.208. The van der Waals surface area contributed by atoms with Crippen LogP contribution < -0.4 is 10.9 Å². The highest BCUT2D eigenvalue weighted by molar-refractivity contribution is 8.00. The zero-order valence-electron chi connectivity index (χ0n) is 18.4. The van der Waals surface area contributed by atoms with Crippen LogP contribution >= 0.6 is 23.1 Å². The highest BCUT2D eigenvalue weighted by Gasteiger charge is 2.11. The van der Waals surface area contributed by atoms with Gasteiger partial charge in [0, 0.05) is 30.3 Å². The Morgan fingerprint density at radius 3 is 2.79 bits per heavy atom. The number of benzene rings is 2. The van der Waals surface area contributed by atoms with Crippen molar-refractivity contribution in [3.8, 4) is 0 Å². The molecule has 1 amide bonds. The summed E-state index contributed by atoms with van der Waals surface area (Å²) < 4.78 is 3.23. The van der Waals surface area contributed by atoms with Crippen LogP contribution in [0, 0.1) is 0 Å². The van der Waals surface area contributed by atoms with E-state index in [1.54, 1.807) is 11.3 Å². The number of aromatic amines is 1. The van der Waals surface area contributed by atoms with Gasteiger partial charge in [-0.2, -0.15) is 9.50 Å². The molecule has 3 aromatic heterocycles. The Bertz CT molecular complexity index is 1520. The van der Waals surface area contributed by atoms with Crippen LogP contribution in [0.15, 0.2) is 63.7 Å². The van der Waals surface area contributed by atoms with Crippen molar-refractivity contribution >= 4 is 50.7 Å². The van der Waals surface area contributed by atoms with Gasteiger partial charge in [-0.15, -0.1) is 11.3 Å². The number of carbonyl (C=O) groups excluding carboxylic acids is 1. The number of rotatable bonds is 8. The predicted molar refractivity (Wildman–Crippen MR) is 136 cm³/mol. The SMILES string of the molecule is CCc1nc2nc(CSc3nc4ccc(NC(=O)CCc5ccccc5)cc4s3)cc(=O)n2[nH]1. The normalized spacial score (nSPS) is 11.3. The fourth-order valence-corrected chi connectivity index (χ4v) is 5.51. The van der Waals surface area contributed by atoms with E-state index in [4.69, 9.17) is 0 Å². The smallest absolute Gasteiger partial charge is 0.274 e. The van der Waals surface area contributed by atoms with Crippen molar-refractivity contribution in [2.45, 2.75) is 36.3 Å². The maximum atomic E-state index is 12.4. The molecule has 5 aromatic rings. The Morgan fingerprint density at radius 1 is 1.12 bits per heavy atom. The molecule has 0 fully saturated rings. The number of carbonyl (C=O) groups is 1. The van der Waals surface area contributed by atoms with E-state index in [9.17, 15) is 9.59 Å². The first-order chi connectivity index (χ1) is 16.6. The molecular weight excluding hydrogens is 468 g/mol. The lowest BCUT2D eigenvalue weighted by molar-refractivity contribution is -0.116. The van der Waals surface area contributed by atoms with E-state index in [2.05, 4.69) is 25.4 Å². The molecule has 3 heterocycles. The number of nitrogens with zero attached hydrogens (tertiary/aromatic N) is 4. The number of aryl methyl sites for hydroxylation is 2. The van der Waals surface area contributed by atoms with Gasteiger partial charge in [0.25, 0.3) is 11.3 Å². The van der Waals surface area contributed by atoms with Crippen LogP contribution in [-0.2, 0) is 23.4 Å². The number of hydrogen-bond donors (Lipinski definition) is 2. The number of hydrogen-bond acceptors (Lipinski definition) is 7. The summed E-state index contributed by atoms with van der Waals surface area (Å²) in [7, 11) is 0. The summed E-state index contributed by atoms with van der Waals surface area (Å²) in [5.41, 5.74) is 3.26. The summed E-state index contributed by atoms with van der Waals surface area (Å²) in [6.45, 7) is 1.97. The second-order valence-electron chi connectivity index (χ2n) is 7.73. The first-order valence-corrected chi connectivity index (χ1v) is 12.7. The van der Waals surface area contributed by atoms with Crippen molar-refractivity contribution < 1.29 is 4.79 Å². The van der Waals surface area contributed by atoms with E-state index in [0.29, 0.717) is 36.5 Å². The molecule has 5 rings (SSSR count). The first kappa shape index (κ1) is 22.3. The highest BCUT2D eigenvalue weighted by Crippen LogP contribution is 2.32. The molecule has 0 saturated heterocycles. The van der Waals surface area contributed by atoms with E-state index < -0.39 is 0 Å². The molecule has 0 bridgehead atoms. The number of aromatic nitrogens is 5. The molecular formula is C24H22N6O2S2. The minimum absolute atomic E-state index is 0.0142. The lowest BCUT2D eigenvalue weighted by Gasteiger charge is -2.05. The third-order valence-corrected chi connectivity index (χ3v) is 7.44. The molecule has 0 aliphatic carbocycles. The van der Waals surface area contributed by atoms with Gasteiger partial charge in [-0.05, 0) is 30.2 Å². The Labute approximate surface area is 203 Å². The van der Waals surface area contributed by atoms with Crippen molar-refractivity contribution in [1.29, 1.82) is 0 Å². The van der Waals surface area contributed by atoms with E-state index in [-0.39, 0.29) is 11.5 Å². The Hall–Kier alpha value is -3.50. The van der Waals surface area contributed by atoms with Gasteiger partial charge in [0.1, 0.15) is 5.82 Å². The monoisotopic (exact) mass is 490 g/mol. The summed E-state index contributed by atoms with van der Waals surface area (Å²) in [6, 6.07) is 17.2. The van der Waals surface area contributed by atoms with Gasteiger partial charge in [-0.25, -0.2) is 9.97 Å². The number of amides is 1. The van der Waals surface area contributed by atoms with E-state index in [1.165, 1.54) is 22.3 Å². The maximum absolute atomic E-state index is 12.4. The first-order valence-electron chi connectivity index (χ1n) is 10.9. The summed E-state index contributed by atoms with van der Waals surface area (Å²) in [6.07, 6.45) is 1.84. The summed E-state index contributed by atoms with van der Waals surface area (Å²) in [5, 5.41) is 5.93. The molecule has 0 atom stereocenters. The summed E-state index contributed by atoms with van der Waals surface area (Å²) in [4.78, 5) is 38.2. The zero-order valence-corrected chi connectivity index (χ0v) is 20.1. The number of H-pyrrole nitrogens is 1. The van der Waals surface area contributed by atoms with E-state index in [1.807, 2.05) is 55.5 Å².